The zero-order chi connectivity index (χ0) is 31.4. The van der Waals surface area contributed by atoms with Crippen molar-refractivity contribution in [3.63, 3.8) is 0 Å². The van der Waals surface area contributed by atoms with Gasteiger partial charge in [-0.3, -0.25) is 28.8 Å². The van der Waals surface area contributed by atoms with E-state index in [1.807, 2.05) is 0 Å². The number of benzene rings is 3. The Hall–Kier alpha value is -5.64. The number of Topliss-reactive ketones (excluding diaryl/α,β-unsaturated/α-hetero) is 4. The van der Waals surface area contributed by atoms with Crippen molar-refractivity contribution in [2.24, 2.45) is 0 Å². The third-order valence-corrected chi connectivity index (χ3v) is 7.04. The summed E-state index contributed by atoms with van der Waals surface area (Å²) in [6.45, 7) is 4.02. The third-order valence-electron chi connectivity index (χ3n) is 7.04. The molecule has 0 spiro atoms. The molecule has 0 unspecified atom stereocenters. The fourth-order valence-electron chi connectivity index (χ4n) is 4.90. The highest BCUT2D eigenvalue weighted by Crippen LogP contribution is 2.36. The number of carbonyl (C=O) groups is 6. The number of ether oxygens (including phenoxy) is 2. The molecular formula is C34H28N2O8. The summed E-state index contributed by atoms with van der Waals surface area (Å²) in [5.74, 6) is -2.88. The lowest BCUT2D eigenvalue weighted by molar-refractivity contribution is -0.141. The minimum atomic E-state index is -0.527. The number of esters is 2. The van der Waals surface area contributed by atoms with Crippen LogP contribution in [0.25, 0.3) is 12.2 Å². The topological polar surface area (TPSA) is 145 Å². The number of rotatable bonds is 10. The largest absolute Gasteiger partial charge is 0.465 e. The number of nitrogens with one attached hydrogen (secondary N) is 2. The summed E-state index contributed by atoms with van der Waals surface area (Å²) in [6.07, 6.45) is 2.93. The molecule has 44 heavy (non-hydrogen) atoms. The molecule has 3 aromatic rings. The summed E-state index contributed by atoms with van der Waals surface area (Å²) in [7, 11) is 0. The Labute approximate surface area is 252 Å². The Bertz CT molecular complexity index is 1580. The highest BCUT2D eigenvalue weighted by atomic mass is 16.5. The first-order chi connectivity index (χ1) is 21.2. The number of fused-ring (bicyclic) bond motifs is 2. The van der Waals surface area contributed by atoms with Crippen molar-refractivity contribution in [1.82, 2.24) is 0 Å². The first-order valence-corrected chi connectivity index (χ1v) is 14.0. The van der Waals surface area contributed by atoms with E-state index in [0.29, 0.717) is 22.5 Å². The molecule has 2 N–H and O–H groups in total. The first kappa shape index (κ1) is 29.8. The molecule has 0 aromatic heterocycles. The predicted octanol–water partition coefficient (Wildman–Crippen LogP) is 4.56. The van der Waals surface area contributed by atoms with E-state index >= 15 is 0 Å². The van der Waals surface area contributed by atoms with E-state index in [0.717, 1.165) is 0 Å². The quantitative estimate of drug-likeness (QED) is 0.195. The van der Waals surface area contributed by atoms with Crippen molar-refractivity contribution >= 4 is 58.6 Å². The minimum absolute atomic E-state index is 0.00187. The zero-order valence-electron chi connectivity index (χ0n) is 24.0. The molecule has 0 saturated heterocycles. The number of carbonyl (C=O) groups excluding carboxylic acids is 6. The molecule has 2 aliphatic rings. The standard InChI is InChI=1S/C34H28N2O8/c1-3-43-29(37)17-35-21-9-5-19(6-10-21)13-27-31(39)23-15-25-26(16-24(23)32(27)40)34(42)28(33(25)41)14-20-7-11-22(12-8-20)36-18-30(38)44-4-2/h5-16,35-36H,3-4,17-18H2,1-2H3. The van der Waals surface area contributed by atoms with Crippen LogP contribution in [0.2, 0.25) is 0 Å². The lowest BCUT2D eigenvalue weighted by atomic mass is 10.0. The van der Waals surface area contributed by atoms with Crippen molar-refractivity contribution in [3.8, 4) is 0 Å². The van der Waals surface area contributed by atoms with Gasteiger partial charge < -0.3 is 20.1 Å². The van der Waals surface area contributed by atoms with Gasteiger partial charge in [0.05, 0.1) is 24.4 Å². The van der Waals surface area contributed by atoms with Crippen LogP contribution < -0.4 is 10.6 Å². The number of ketones is 4. The summed E-state index contributed by atoms with van der Waals surface area (Å²) in [4.78, 5) is 76.1. The van der Waals surface area contributed by atoms with Gasteiger partial charge in [0.2, 0.25) is 0 Å². The number of hydrogen-bond acceptors (Lipinski definition) is 10. The number of hydrogen-bond donors (Lipinski definition) is 2. The molecule has 3 aromatic carbocycles. The lowest BCUT2D eigenvalue weighted by Crippen LogP contribution is -2.16. The second-order valence-electron chi connectivity index (χ2n) is 9.94. The molecule has 0 fully saturated rings. The average Bonchev–Trinajstić information content (AvgIpc) is 3.39. The van der Waals surface area contributed by atoms with Crippen LogP contribution in [-0.2, 0) is 19.1 Å². The summed E-state index contributed by atoms with van der Waals surface area (Å²) >= 11 is 0. The lowest BCUT2D eigenvalue weighted by Gasteiger charge is -2.06. The number of allylic oxidation sites excluding steroid dienone is 2. The van der Waals surface area contributed by atoms with Crippen LogP contribution in [0.3, 0.4) is 0 Å². The number of anilines is 2. The minimum Gasteiger partial charge on any atom is -0.465 e. The average molecular weight is 593 g/mol. The van der Waals surface area contributed by atoms with Crippen LogP contribution in [-0.4, -0.2) is 61.4 Å². The van der Waals surface area contributed by atoms with Gasteiger partial charge in [-0.25, -0.2) is 0 Å². The Morgan fingerprint density at radius 1 is 0.568 bits per heavy atom. The fourth-order valence-corrected chi connectivity index (χ4v) is 4.90. The summed E-state index contributed by atoms with van der Waals surface area (Å²) in [5.41, 5.74) is 2.66. The van der Waals surface area contributed by atoms with E-state index in [4.69, 9.17) is 9.47 Å². The van der Waals surface area contributed by atoms with E-state index in [9.17, 15) is 28.8 Å². The van der Waals surface area contributed by atoms with Crippen LogP contribution in [0.5, 0.6) is 0 Å². The summed E-state index contributed by atoms with van der Waals surface area (Å²) in [5, 5.41) is 5.87. The van der Waals surface area contributed by atoms with Crippen molar-refractivity contribution in [1.29, 1.82) is 0 Å². The van der Waals surface area contributed by atoms with Gasteiger partial charge >= 0.3 is 11.9 Å². The molecule has 0 saturated carbocycles. The first-order valence-electron chi connectivity index (χ1n) is 14.0. The monoisotopic (exact) mass is 592 g/mol. The van der Waals surface area contributed by atoms with Crippen LogP contribution in [0, 0.1) is 0 Å². The predicted molar refractivity (Wildman–Crippen MR) is 163 cm³/mol. The van der Waals surface area contributed by atoms with E-state index < -0.39 is 23.1 Å². The van der Waals surface area contributed by atoms with Gasteiger partial charge in [-0.2, -0.15) is 0 Å². The summed E-state index contributed by atoms with van der Waals surface area (Å²) in [6, 6.07) is 16.2. The molecule has 0 radical (unpaired) electrons. The molecule has 0 heterocycles. The molecular weight excluding hydrogens is 564 g/mol. The second-order valence-corrected chi connectivity index (χ2v) is 9.94. The second kappa shape index (κ2) is 12.7. The fraction of sp³-hybridized carbons (Fsp3) is 0.176. The Kier molecular flexibility index (Phi) is 8.61. The van der Waals surface area contributed by atoms with Crippen LogP contribution in [0.15, 0.2) is 71.8 Å². The smallest absolute Gasteiger partial charge is 0.325 e. The maximum Gasteiger partial charge on any atom is 0.325 e. The van der Waals surface area contributed by atoms with Crippen molar-refractivity contribution < 1.29 is 38.2 Å². The van der Waals surface area contributed by atoms with Crippen LogP contribution in [0.4, 0.5) is 11.4 Å². The van der Waals surface area contributed by atoms with E-state index in [1.165, 1.54) is 24.3 Å². The van der Waals surface area contributed by atoms with Crippen LogP contribution >= 0.6 is 0 Å². The van der Waals surface area contributed by atoms with Gasteiger partial charge in [0, 0.05) is 33.6 Å². The summed E-state index contributed by atoms with van der Waals surface area (Å²) < 4.78 is 9.77. The van der Waals surface area contributed by atoms with Crippen molar-refractivity contribution in [2.45, 2.75) is 13.8 Å². The van der Waals surface area contributed by atoms with Gasteiger partial charge in [0.1, 0.15) is 13.1 Å². The van der Waals surface area contributed by atoms with Crippen LogP contribution in [0.1, 0.15) is 66.4 Å². The van der Waals surface area contributed by atoms with E-state index in [1.54, 1.807) is 62.4 Å². The maximum absolute atomic E-state index is 13.2. The van der Waals surface area contributed by atoms with E-state index in [-0.39, 0.29) is 71.6 Å². The molecule has 0 atom stereocenters. The van der Waals surface area contributed by atoms with Gasteiger partial charge in [0.15, 0.2) is 23.1 Å². The highest BCUT2D eigenvalue weighted by molar-refractivity contribution is 6.45. The molecule has 0 amide bonds. The Balaban J connectivity index is 1.31. The van der Waals surface area contributed by atoms with Gasteiger partial charge in [-0.1, -0.05) is 24.3 Å². The van der Waals surface area contributed by atoms with Gasteiger partial charge in [0.25, 0.3) is 0 Å². The highest BCUT2D eigenvalue weighted by Gasteiger charge is 2.40. The Morgan fingerprint density at radius 3 is 1.18 bits per heavy atom. The Morgan fingerprint density at radius 2 is 0.886 bits per heavy atom. The van der Waals surface area contributed by atoms with Gasteiger partial charge in [-0.05, 0) is 73.5 Å². The molecule has 0 bridgehead atoms. The molecule has 0 aliphatic heterocycles. The van der Waals surface area contributed by atoms with Crippen molar-refractivity contribution in [2.75, 3.05) is 36.9 Å². The van der Waals surface area contributed by atoms with Crippen molar-refractivity contribution in [3.05, 3.63) is 105 Å². The zero-order valence-corrected chi connectivity index (χ0v) is 24.0. The maximum atomic E-state index is 13.2. The molecule has 10 heteroatoms. The molecule has 5 rings (SSSR count). The third kappa shape index (κ3) is 6.10. The SMILES string of the molecule is CCOC(=O)CNc1ccc(C=C2C(=O)c3cc4c(cc3C2=O)C(=O)C(=Cc2ccc(NCC(=O)OCC)cc2)C4=O)cc1. The van der Waals surface area contributed by atoms with Gasteiger partial charge in [-0.15, -0.1) is 0 Å². The molecule has 2 aliphatic carbocycles. The van der Waals surface area contributed by atoms with E-state index in [2.05, 4.69) is 10.6 Å². The molecule has 222 valence electrons. The molecule has 10 nitrogen and oxygen atoms in total. The normalized spacial score (nSPS) is 13.4.